The third-order valence-corrected chi connectivity index (χ3v) is 6.29. The predicted octanol–water partition coefficient (Wildman–Crippen LogP) is 1.96. The van der Waals surface area contributed by atoms with Crippen LogP contribution in [0.4, 0.5) is 0 Å². The first-order chi connectivity index (χ1) is 11.3. The van der Waals surface area contributed by atoms with Crippen LogP contribution in [0, 0.1) is 7.14 Å². The van der Waals surface area contributed by atoms with Gasteiger partial charge in [-0.25, -0.2) is 0 Å². The van der Waals surface area contributed by atoms with Gasteiger partial charge in [0, 0.05) is 0 Å². The van der Waals surface area contributed by atoms with E-state index in [0.29, 0.717) is 6.61 Å². The van der Waals surface area contributed by atoms with E-state index < -0.39 is 0 Å². The molecule has 3 rings (SSSR count). The number of aryl methyl sites for hydroxylation is 1. The minimum absolute atomic E-state index is 0.0999. The van der Waals surface area contributed by atoms with Gasteiger partial charge in [-0.3, -0.25) is 0 Å². The summed E-state index contributed by atoms with van der Waals surface area (Å²) in [5, 5.41) is 0. The molecule has 0 N–H and O–H groups in total. The van der Waals surface area contributed by atoms with E-state index in [1.165, 1.54) is 18.3 Å². The van der Waals surface area contributed by atoms with E-state index in [1.54, 1.807) is 0 Å². The van der Waals surface area contributed by atoms with Crippen LogP contribution >= 0.6 is 0 Å². The van der Waals surface area contributed by atoms with E-state index in [0.717, 1.165) is 12.2 Å². The minimum atomic E-state index is -0.0999. The van der Waals surface area contributed by atoms with E-state index in [4.69, 9.17) is 4.74 Å². The summed E-state index contributed by atoms with van der Waals surface area (Å²) in [5.41, 5.74) is 2.57. The molecule has 118 valence electrons. The van der Waals surface area contributed by atoms with Crippen LogP contribution in [0.3, 0.4) is 0 Å². The second-order valence-electron chi connectivity index (χ2n) is 5.30. The average molecular weight is 415 g/mol. The van der Waals surface area contributed by atoms with Crippen molar-refractivity contribution in [2.45, 2.75) is 20.0 Å². The fourth-order valence-corrected chi connectivity index (χ4v) is 4.45. The molecule has 0 saturated heterocycles. The first kappa shape index (κ1) is 16.1. The van der Waals surface area contributed by atoms with Crippen LogP contribution in [-0.4, -0.2) is 0 Å². The zero-order valence-electron chi connectivity index (χ0n) is 13.2. The molecule has 0 aromatic heterocycles. The van der Waals surface area contributed by atoms with Gasteiger partial charge in [0.15, 0.2) is 0 Å². The Bertz CT molecular complexity index is 718. The fraction of sp³-hybridized carbons (Fsp3) is 0.143. The maximum atomic E-state index is 5.88. The summed E-state index contributed by atoms with van der Waals surface area (Å²) in [6.07, 6.45) is 1.08. The Balaban J connectivity index is 1.56. The molecular weight excluding hydrogens is 395 g/mol. The Labute approximate surface area is 148 Å². The van der Waals surface area contributed by atoms with Gasteiger partial charge in [0.25, 0.3) is 0 Å². The van der Waals surface area contributed by atoms with Crippen molar-refractivity contribution in [3.8, 4) is 5.75 Å². The average Bonchev–Trinajstić information content (AvgIpc) is 2.62. The molecule has 23 heavy (non-hydrogen) atoms. The number of halogens is 1. The van der Waals surface area contributed by atoms with E-state index in [-0.39, 0.29) is 21.2 Å². The van der Waals surface area contributed by atoms with Crippen LogP contribution in [-0.2, 0) is 13.0 Å². The Kier molecular flexibility index (Phi) is 5.70. The number of hydrogen-bond donors (Lipinski definition) is 0. The second kappa shape index (κ2) is 8.16. The molecule has 2 heteroatoms. The van der Waals surface area contributed by atoms with Gasteiger partial charge in [-0.05, 0) is 0 Å². The zero-order chi connectivity index (χ0) is 15.9. The molecule has 0 aliphatic carbocycles. The molecule has 0 heterocycles. The van der Waals surface area contributed by atoms with Crippen molar-refractivity contribution in [3.05, 3.63) is 97.1 Å². The van der Waals surface area contributed by atoms with Crippen molar-refractivity contribution < 1.29 is 25.9 Å². The van der Waals surface area contributed by atoms with E-state index in [1.807, 2.05) is 0 Å². The van der Waals surface area contributed by atoms with Crippen LogP contribution in [0.25, 0.3) is 0 Å². The van der Waals surface area contributed by atoms with Gasteiger partial charge >= 0.3 is 149 Å². The van der Waals surface area contributed by atoms with Crippen molar-refractivity contribution in [2.75, 3.05) is 0 Å². The summed E-state index contributed by atoms with van der Waals surface area (Å²) in [6, 6.07) is 27.9. The first-order valence-corrected chi connectivity index (χ1v) is 10.00. The van der Waals surface area contributed by atoms with Gasteiger partial charge < -0.3 is 0 Å². The molecule has 0 fully saturated rings. The molecule has 0 radical (unpaired) electrons. The number of hydrogen-bond acceptors (Lipinski definition) is 1. The van der Waals surface area contributed by atoms with Crippen molar-refractivity contribution >= 4 is 0 Å². The van der Waals surface area contributed by atoms with Gasteiger partial charge in [-0.15, -0.1) is 0 Å². The van der Waals surface area contributed by atoms with E-state index in [9.17, 15) is 0 Å². The molecule has 3 aromatic carbocycles. The Morgan fingerprint density at radius 1 is 0.696 bits per heavy atom. The van der Waals surface area contributed by atoms with Gasteiger partial charge in [0.05, 0.1) is 0 Å². The first-order valence-electron chi connectivity index (χ1n) is 7.84. The molecule has 3 aromatic rings. The number of benzene rings is 3. The predicted molar refractivity (Wildman–Crippen MR) is 90.4 cm³/mol. The molecule has 0 spiro atoms. The number of ether oxygens (including phenoxy) is 1. The van der Waals surface area contributed by atoms with Gasteiger partial charge in [0.1, 0.15) is 0 Å². The van der Waals surface area contributed by atoms with Crippen LogP contribution < -0.4 is 25.9 Å². The van der Waals surface area contributed by atoms with Gasteiger partial charge in [-0.2, -0.15) is 0 Å². The monoisotopic (exact) mass is 415 g/mol. The van der Waals surface area contributed by atoms with Crippen LogP contribution in [0.5, 0.6) is 5.75 Å². The summed E-state index contributed by atoms with van der Waals surface area (Å²) in [7, 11) is 0. The summed E-state index contributed by atoms with van der Waals surface area (Å²) in [6.45, 7) is 2.79. The molecule has 0 amide bonds. The van der Waals surface area contributed by atoms with Crippen molar-refractivity contribution in [3.63, 3.8) is 0 Å². The van der Waals surface area contributed by atoms with Crippen molar-refractivity contribution in [1.82, 2.24) is 0 Å². The zero-order valence-corrected chi connectivity index (χ0v) is 15.4. The Morgan fingerprint density at radius 3 is 1.96 bits per heavy atom. The Hall–Kier alpha value is -1.81. The van der Waals surface area contributed by atoms with Crippen molar-refractivity contribution in [1.29, 1.82) is 0 Å². The van der Waals surface area contributed by atoms with E-state index >= 15 is 0 Å². The molecule has 0 aliphatic rings. The van der Waals surface area contributed by atoms with Crippen LogP contribution in [0.2, 0.25) is 0 Å². The molecule has 0 aliphatic heterocycles. The summed E-state index contributed by atoms with van der Waals surface area (Å²) < 4.78 is 8.74. The van der Waals surface area contributed by atoms with E-state index in [2.05, 4.69) is 85.8 Å². The van der Waals surface area contributed by atoms with Crippen LogP contribution in [0.1, 0.15) is 18.1 Å². The number of rotatable bonds is 6. The normalized spacial score (nSPS) is 10.7. The third-order valence-electron chi connectivity index (χ3n) is 3.60. The fourth-order valence-electron chi connectivity index (χ4n) is 2.24. The standard InChI is InChI=1S/C21H20IO/c1-2-17-8-10-18(11-9-17)16-23-21-14-12-20(13-15-21)22-19-6-4-3-5-7-19/h3-15H,2,16H2,1H3/q-1. The SMILES string of the molecule is CCc1ccc(COc2ccc([I-]c3ccccc3)cc2)cc1. The second-order valence-corrected chi connectivity index (χ2v) is 8.33. The summed E-state index contributed by atoms with van der Waals surface area (Å²) in [4.78, 5) is 0. The Morgan fingerprint density at radius 2 is 1.30 bits per heavy atom. The molecule has 1 nitrogen and oxygen atoms in total. The van der Waals surface area contributed by atoms with Gasteiger partial charge in [0.2, 0.25) is 0 Å². The third kappa shape index (κ3) is 4.83. The van der Waals surface area contributed by atoms with Crippen molar-refractivity contribution in [2.24, 2.45) is 0 Å². The summed E-state index contributed by atoms with van der Waals surface area (Å²) in [5.74, 6) is 0.936. The van der Waals surface area contributed by atoms with Gasteiger partial charge in [-0.1, -0.05) is 0 Å². The summed E-state index contributed by atoms with van der Waals surface area (Å²) >= 11 is -0.0999. The topological polar surface area (TPSA) is 9.23 Å². The maximum absolute atomic E-state index is 5.88. The van der Waals surface area contributed by atoms with Crippen LogP contribution in [0.15, 0.2) is 78.9 Å². The quantitative estimate of drug-likeness (QED) is 0.560. The molecular formula is C21H20IO-. The molecule has 0 saturated carbocycles. The molecule has 0 unspecified atom stereocenters. The molecule has 0 atom stereocenters. The molecule has 0 bridgehead atoms.